The molecule has 0 aromatic carbocycles. The Bertz CT molecular complexity index is 485. The lowest BCUT2D eigenvalue weighted by molar-refractivity contribution is 0.413. The van der Waals surface area contributed by atoms with Gasteiger partial charge in [0.25, 0.3) is 0 Å². The fraction of sp³-hybridized carbons (Fsp3) is 0.333. The van der Waals surface area contributed by atoms with Gasteiger partial charge in [0.05, 0.1) is 23.5 Å². The topological polar surface area (TPSA) is 35.0 Å². The van der Waals surface area contributed by atoms with Crippen LogP contribution in [0.3, 0.4) is 0 Å². The molecular formula is C12H14N2OS2. The van der Waals surface area contributed by atoms with Crippen LogP contribution in [0.2, 0.25) is 0 Å². The number of hydrogen-bond acceptors (Lipinski definition) is 5. The Balaban J connectivity index is 1.85. The SMILES string of the molecule is COc1ccnc(CSCc2csc(C)n2)c1. The molecule has 2 aromatic rings. The largest absolute Gasteiger partial charge is 0.497 e. The number of ether oxygens (including phenoxy) is 1. The first-order valence-electron chi connectivity index (χ1n) is 5.25. The minimum Gasteiger partial charge on any atom is -0.497 e. The third kappa shape index (κ3) is 3.71. The van der Waals surface area contributed by atoms with E-state index in [0.29, 0.717) is 0 Å². The molecule has 0 aliphatic rings. The molecule has 0 atom stereocenters. The summed E-state index contributed by atoms with van der Waals surface area (Å²) < 4.78 is 5.16. The zero-order valence-electron chi connectivity index (χ0n) is 9.84. The predicted octanol–water partition coefficient (Wildman–Crippen LogP) is 3.29. The van der Waals surface area contributed by atoms with E-state index in [0.717, 1.165) is 33.7 Å². The van der Waals surface area contributed by atoms with Crippen molar-refractivity contribution in [1.29, 1.82) is 0 Å². The maximum absolute atomic E-state index is 5.16. The van der Waals surface area contributed by atoms with Crippen molar-refractivity contribution in [3.8, 4) is 5.75 Å². The van der Waals surface area contributed by atoms with Crippen molar-refractivity contribution in [3.63, 3.8) is 0 Å². The molecule has 2 aromatic heterocycles. The van der Waals surface area contributed by atoms with Crippen molar-refractivity contribution < 1.29 is 4.74 Å². The van der Waals surface area contributed by atoms with Crippen LogP contribution >= 0.6 is 23.1 Å². The number of pyridine rings is 1. The minimum absolute atomic E-state index is 0.861. The molecule has 0 saturated carbocycles. The van der Waals surface area contributed by atoms with Gasteiger partial charge in [-0.15, -0.1) is 23.1 Å². The second kappa shape index (κ2) is 6.02. The molecule has 0 aliphatic carbocycles. The Hall–Kier alpha value is -1.07. The number of aromatic nitrogens is 2. The molecule has 0 amide bonds. The summed E-state index contributed by atoms with van der Waals surface area (Å²) in [7, 11) is 1.67. The quantitative estimate of drug-likeness (QED) is 0.832. The van der Waals surface area contributed by atoms with Crippen LogP contribution < -0.4 is 4.74 Å². The Kier molecular flexibility index (Phi) is 4.39. The molecule has 0 N–H and O–H groups in total. The average Bonchev–Trinajstić information content (AvgIpc) is 2.75. The van der Waals surface area contributed by atoms with Gasteiger partial charge in [0.2, 0.25) is 0 Å². The van der Waals surface area contributed by atoms with E-state index in [9.17, 15) is 0 Å². The van der Waals surface area contributed by atoms with Gasteiger partial charge in [0.15, 0.2) is 0 Å². The van der Waals surface area contributed by atoms with Crippen LogP contribution in [-0.4, -0.2) is 17.1 Å². The van der Waals surface area contributed by atoms with Crippen molar-refractivity contribution in [2.45, 2.75) is 18.4 Å². The molecule has 0 spiro atoms. The summed E-state index contributed by atoms with van der Waals surface area (Å²) in [6.07, 6.45) is 1.78. The summed E-state index contributed by atoms with van der Waals surface area (Å²) in [4.78, 5) is 8.73. The van der Waals surface area contributed by atoms with Crippen LogP contribution in [0, 0.1) is 6.92 Å². The molecule has 17 heavy (non-hydrogen) atoms. The molecule has 0 aliphatic heterocycles. The van der Waals surface area contributed by atoms with Gasteiger partial charge < -0.3 is 4.74 Å². The smallest absolute Gasteiger partial charge is 0.122 e. The van der Waals surface area contributed by atoms with E-state index >= 15 is 0 Å². The summed E-state index contributed by atoms with van der Waals surface area (Å²) in [5, 5.41) is 3.24. The Morgan fingerprint density at radius 2 is 2.18 bits per heavy atom. The number of thioether (sulfide) groups is 1. The van der Waals surface area contributed by atoms with Crippen molar-refractivity contribution in [3.05, 3.63) is 40.1 Å². The second-order valence-corrected chi connectivity index (χ2v) is 5.59. The van der Waals surface area contributed by atoms with Gasteiger partial charge in [0.1, 0.15) is 5.75 Å². The van der Waals surface area contributed by atoms with Gasteiger partial charge >= 0.3 is 0 Å². The first kappa shape index (κ1) is 12.4. The number of rotatable bonds is 5. The molecule has 5 heteroatoms. The summed E-state index contributed by atoms with van der Waals surface area (Å²) in [6.45, 7) is 2.03. The maximum Gasteiger partial charge on any atom is 0.122 e. The van der Waals surface area contributed by atoms with Crippen molar-refractivity contribution in [2.75, 3.05) is 7.11 Å². The van der Waals surface area contributed by atoms with E-state index in [4.69, 9.17) is 4.74 Å². The monoisotopic (exact) mass is 266 g/mol. The van der Waals surface area contributed by atoms with Gasteiger partial charge in [0, 0.05) is 29.1 Å². The maximum atomic E-state index is 5.16. The highest BCUT2D eigenvalue weighted by Crippen LogP contribution is 2.20. The van der Waals surface area contributed by atoms with E-state index in [2.05, 4.69) is 15.3 Å². The lowest BCUT2D eigenvalue weighted by Crippen LogP contribution is -1.90. The van der Waals surface area contributed by atoms with Crippen LogP contribution in [0.25, 0.3) is 0 Å². The van der Waals surface area contributed by atoms with E-state index in [1.54, 1.807) is 24.6 Å². The number of methoxy groups -OCH3 is 1. The molecule has 90 valence electrons. The van der Waals surface area contributed by atoms with E-state index < -0.39 is 0 Å². The van der Waals surface area contributed by atoms with Gasteiger partial charge in [-0.2, -0.15) is 0 Å². The summed E-state index contributed by atoms with van der Waals surface area (Å²) in [5.74, 6) is 2.68. The van der Waals surface area contributed by atoms with E-state index in [-0.39, 0.29) is 0 Å². The Morgan fingerprint density at radius 1 is 1.35 bits per heavy atom. The second-order valence-electron chi connectivity index (χ2n) is 3.54. The summed E-state index contributed by atoms with van der Waals surface area (Å²) in [6, 6.07) is 3.83. The molecular weight excluding hydrogens is 252 g/mol. The molecule has 0 fully saturated rings. The third-order valence-electron chi connectivity index (χ3n) is 2.19. The van der Waals surface area contributed by atoms with Gasteiger partial charge in [-0.25, -0.2) is 4.98 Å². The van der Waals surface area contributed by atoms with Gasteiger partial charge in [-0.05, 0) is 13.0 Å². The number of nitrogens with zero attached hydrogens (tertiary/aromatic N) is 2. The molecule has 0 saturated heterocycles. The average molecular weight is 266 g/mol. The Labute approximate surface area is 109 Å². The number of thiazole rings is 1. The zero-order chi connectivity index (χ0) is 12.1. The van der Waals surface area contributed by atoms with Gasteiger partial charge in [-0.1, -0.05) is 0 Å². The predicted molar refractivity (Wildman–Crippen MR) is 72.6 cm³/mol. The molecule has 2 rings (SSSR count). The van der Waals surface area contributed by atoms with Crippen LogP contribution in [0.1, 0.15) is 16.4 Å². The third-order valence-corrected chi connectivity index (χ3v) is 4.01. The van der Waals surface area contributed by atoms with Crippen LogP contribution in [0.5, 0.6) is 5.75 Å². The van der Waals surface area contributed by atoms with E-state index in [1.807, 2.05) is 30.8 Å². The fourth-order valence-electron chi connectivity index (χ4n) is 1.40. The van der Waals surface area contributed by atoms with Crippen LogP contribution in [0.15, 0.2) is 23.7 Å². The molecule has 2 heterocycles. The highest BCUT2D eigenvalue weighted by Gasteiger charge is 2.01. The standard InChI is InChI=1S/C12H14N2OS2/c1-9-14-11(8-17-9)7-16-6-10-5-12(15-2)3-4-13-10/h3-5,8H,6-7H2,1-2H3. The minimum atomic E-state index is 0.861. The van der Waals surface area contributed by atoms with Crippen molar-refractivity contribution in [1.82, 2.24) is 9.97 Å². The highest BCUT2D eigenvalue weighted by atomic mass is 32.2. The zero-order valence-corrected chi connectivity index (χ0v) is 11.5. The summed E-state index contributed by atoms with van der Waals surface area (Å²) in [5.41, 5.74) is 2.20. The number of hydrogen-bond donors (Lipinski definition) is 0. The van der Waals surface area contributed by atoms with E-state index in [1.165, 1.54) is 0 Å². The van der Waals surface area contributed by atoms with Crippen LogP contribution in [0.4, 0.5) is 0 Å². The van der Waals surface area contributed by atoms with Gasteiger partial charge in [-0.3, -0.25) is 4.98 Å². The molecule has 0 unspecified atom stereocenters. The number of aryl methyl sites for hydroxylation is 1. The molecule has 0 bridgehead atoms. The highest BCUT2D eigenvalue weighted by molar-refractivity contribution is 7.97. The lowest BCUT2D eigenvalue weighted by atomic mass is 10.3. The van der Waals surface area contributed by atoms with Crippen molar-refractivity contribution in [2.24, 2.45) is 0 Å². The first-order valence-corrected chi connectivity index (χ1v) is 7.29. The normalized spacial score (nSPS) is 10.5. The fourth-order valence-corrected chi connectivity index (χ4v) is 2.94. The molecule has 3 nitrogen and oxygen atoms in total. The van der Waals surface area contributed by atoms with Crippen molar-refractivity contribution >= 4 is 23.1 Å². The first-order chi connectivity index (χ1) is 8.28. The van der Waals surface area contributed by atoms with Crippen LogP contribution in [-0.2, 0) is 11.5 Å². The lowest BCUT2D eigenvalue weighted by Gasteiger charge is -2.02. The Morgan fingerprint density at radius 3 is 2.88 bits per heavy atom. The molecule has 0 radical (unpaired) electrons. The summed E-state index contributed by atoms with van der Waals surface area (Å²) >= 11 is 3.51.